The van der Waals surface area contributed by atoms with Crippen LogP contribution in [0.4, 0.5) is 19.0 Å². The molecule has 1 heterocycles. The van der Waals surface area contributed by atoms with Gasteiger partial charge in [0.05, 0.1) is 6.61 Å². The molecule has 0 bridgehead atoms. The van der Waals surface area contributed by atoms with Crippen molar-refractivity contribution in [2.45, 2.75) is 42.5 Å². The first kappa shape index (κ1) is 25.8. The predicted molar refractivity (Wildman–Crippen MR) is 113 cm³/mol. The Labute approximate surface area is 184 Å². The Bertz CT molecular complexity index is 1010. The number of nitrogens with one attached hydrogen (secondary N) is 1. The summed E-state index contributed by atoms with van der Waals surface area (Å²) in [5.74, 6) is 4.40. The number of allylic oxidation sites excluding steroid dienone is 1. The third-order valence-corrected chi connectivity index (χ3v) is 6.28. The first-order chi connectivity index (χ1) is 14.9. The summed E-state index contributed by atoms with van der Waals surface area (Å²) in [5.41, 5.74) is 2.90. The second-order valence-electron chi connectivity index (χ2n) is 7.16. The molecule has 12 heteroatoms. The number of sulfonamides is 1. The zero-order valence-corrected chi connectivity index (χ0v) is 18.4. The van der Waals surface area contributed by atoms with Gasteiger partial charge < -0.3 is 15.6 Å². The molecule has 3 atom stereocenters. The number of anilines is 1. The normalized spacial score (nSPS) is 20.9. The lowest BCUT2D eigenvalue weighted by molar-refractivity contribution is -0.287. The summed E-state index contributed by atoms with van der Waals surface area (Å²) in [7, 11) is -2.79. The summed E-state index contributed by atoms with van der Waals surface area (Å²) >= 11 is 0. The van der Waals surface area contributed by atoms with Crippen molar-refractivity contribution in [3.05, 3.63) is 30.5 Å². The van der Waals surface area contributed by atoms with E-state index in [0.29, 0.717) is 5.71 Å². The standard InChI is InChI=1S/C20H25F3N4O4S/c1-3-4-16(11-26-32(29,30)17-9-10-18(24)25-12-17)27-15-7-5-14(6-8-15)19(28,13-31-2)20(21,22)23/h5,7,9-10,12,14,16,26,28H,6,8,11,13H2,1-2H3,(H2,24,25). The van der Waals surface area contributed by atoms with Crippen LogP contribution in [0.2, 0.25) is 0 Å². The van der Waals surface area contributed by atoms with Crippen LogP contribution < -0.4 is 10.5 Å². The zero-order valence-electron chi connectivity index (χ0n) is 17.6. The molecule has 0 saturated heterocycles. The highest BCUT2D eigenvalue weighted by atomic mass is 32.2. The van der Waals surface area contributed by atoms with Crippen LogP contribution in [-0.4, -0.2) is 62.3 Å². The number of rotatable bonds is 8. The van der Waals surface area contributed by atoms with E-state index in [1.807, 2.05) is 0 Å². The number of aliphatic hydroxyl groups is 1. The monoisotopic (exact) mass is 474 g/mol. The van der Waals surface area contributed by atoms with Crippen molar-refractivity contribution < 1.29 is 31.4 Å². The molecule has 32 heavy (non-hydrogen) atoms. The Hall–Kier alpha value is -2.46. The molecule has 0 saturated carbocycles. The topological polar surface area (TPSA) is 127 Å². The Morgan fingerprint density at radius 2 is 2.16 bits per heavy atom. The summed E-state index contributed by atoms with van der Waals surface area (Å²) in [6, 6.07) is 1.91. The van der Waals surface area contributed by atoms with Gasteiger partial charge in [0.15, 0.2) is 5.60 Å². The van der Waals surface area contributed by atoms with Crippen LogP contribution in [-0.2, 0) is 14.8 Å². The zero-order chi connectivity index (χ0) is 24.0. The van der Waals surface area contributed by atoms with Crippen molar-refractivity contribution in [3.8, 4) is 11.8 Å². The van der Waals surface area contributed by atoms with Gasteiger partial charge in [0.1, 0.15) is 16.8 Å². The van der Waals surface area contributed by atoms with E-state index in [1.165, 1.54) is 24.3 Å². The summed E-state index contributed by atoms with van der Waals surface area (Å²) in [6.45, 7) is 0.528. The maximum atomic E-state index is 13.4. The molecule has 1 aliphatic carbocycles. The van der Waals surface area contributed by atoms with E-state index >= 15 is 0 Å². The molecule has 1 aromatic rings. The minimum absolute atomic E-state index is 0.0101. The number of nitrogens with two attached hydrogens (primary N) is 1. The van der Waals surface area contributed by atoms with Crippen LogP contribution in [0.25, 0.3) is 0 Å². The van der Waals surface area contributed by atoms with Gasteiger partial charge in [-0.3, -0.25) is 4.99 Å². The van der Waals surface area contributed by atoms with Gasteiger partial charge in [0, 0.05) is 31.5 Å². The van der Waals surface area contributed by atoms with Crippen molar-refractivity contribution >= 4 is 21.6 Å². The molecule has 1 aromatic heterocycles. The second-order valence-corrected chi connectivity index (χ2v) is 8.93. The maximum Gasteiger partial charge on any atom is 0.420 e. The molecule has 0 spiro atoms. The van der Waals surface area contributed by atoms with Gasteiger partial charge in [-0.25, -0.2) is 18.1 Å². The van der Waals surface area contributed by atoms with Crippen molar-refractivity contribution in [2.75, 3.05) is 26.0 Å². The minimum atomic E-state index is -4.86. The van der Waals surface area contributed by atoms with Crippen LogP contribution in [0.5, 0.6) is 0 Å². The Kier molecular flexibility index (Phi) is 8.41. The number of hydrogen-bond donors (Lipinski definition) is 3. The smallest absolute Gasteiger partial charge is 0.384 e. The lowest BCUT2D eigenvalue weighted by Gasteiger charge is -2.37. The minimum Gasteiger partial charge on any atom is -0.384 e. The Morgan fingerprint density at radius 3 is 2.66 bits per heavy atom. The van der Waals surface area contributed by atoms with Crippen molar-refractivity contribution in [1.82, 2.24) is 9.71 Å². The molecule has 0 aromatic carbocycles. The van der Waals surface area contributed by atoms with Crippen molar-refractivity contribution in [3.63, 3.8) is 0 Å². The first-order valence-electron chi connectivity index (χ1n) is 9.59. The average molecular weight is 475 g/mol. The number of halogens is 3. The van der Waals surface area contributed by atoms with Crippen molar-refractivity contribution in [1.29, 1.82) is 0 Å². The highest BCUT2D eigenvalue weighted by molar-refractivity contribution is 7.89. The van der Waals surface area contributed by atoms with Gasteiger partial charge in [-0.1, -0.05) is 12.0 Å². The molecule has 0 radical (unpaired) electrons. The lowest BCUT2D eigenvalue weighted by atomic mass is 9.80. The molecule has 8 nitrogen and oxygen atoms in total. The second kappa shape index (κ2) is 10.4. The van der Waals surface area contributed by atoms with Gasteiger partial charge in [-0.15, -0.1) is 5.92 Å². The largest absolute Gasteiger partial charge is 0.420 e. The molecule has 3 unspecified atom stereocenters. The average Bonchev–Trinajstić information content (AvgIpc) is 2.72. The van der Waals surface area contributed by atoms with E-state index in [9.17, 15) is 26.7 Å². The quantitative estimate of drug-likeness (QED) is 0.492. The highest BCUT2D eigenvalue weighted by Gasteiger charge is 2.58. The number of nitrogen functional groups attached to an aromatic ring is 1. The number of hydrogen-bond acceptors (Lipinski definition) is 7. The Morgan fingerprint density at radius 1 is 1.44 bits per heavy atom. The van der Waals surface area contributed by atoms with Crippen LogP contribution in [0.15, 0.2) is 40.4 Å². The van der Waals surface area contributed by atoms with E-state index in [0.717, 1.165) is 13.3 Å². The van der Waals surface area contributed by atoms with Gasteiger partial charge in [-0.2, -0.15) is 13.2 Å². The van der Waals surface area contributed by atoms with Gasteiger partial charge in [0.2, 0.25) is 10.0 Å². The van der Waals surface area contributed by atoms with E-state index in [-0.39, 0.29) is 30.1 Å². The van der Waals surface area contributed by atoms with Crippen LogP contribution in [0.3, 0.4) is 0 Å². The molecule has 0 amide bonds. The lowest BCUT2D eigenvalue weighted by Crippen LogP contribution is -2.54. The van der Waals surface area contributed by atoms with Gasteiger partial charge in [0.25, 0.3) is 0 Å². The summed E-state index contributed by atoms with van der Waals surface area (Å²) in [5, 5.41) is 10.2. The van der Waals surface area contributed by atoms with Crippen molar-refractivity contribution in [2.24, 2.45) is 10.9 Å². The fraction of sp³-hybridized carbons (Fsp3) is 0.500. The third-order valence-electron chi connectivity index (χ3n) is 4.87. The molecule has 176 valence electrons. The van der Waals surface area contributed by atoms with Gasteiger partial charge in [-0.05, 0) is 38.0 Å². The number of alkyl halides is 3. The number of aromatic nitrogens is 1. The number of nitrogens with zero attached hydrogens (tertiary/aromatic N) is 2. The van der Waals surface area contributed by atoms with Crippen LogP contribution in [0.1, 0.15) is 19.8 Å². The van der Waals surface area contributed by atoms with E-state index < -0.39 is 40.4 Å². The number of aliphatic imine (C=N–C) groups is 1. The molecular weight excluding hydrogens is 449 g/mol. The summed E-state index contributed by atoms with van der Waals surface area (Å²) in [6.07, 6.45) is -0.962. The number of methoxy groups -OCH3 is 1. The van der Waals surface area contributed by atoms with Crippen LogP contribution >= 0.6 is 0 Å². The SMILES string of the molecule is CC#CC(CNS(=O)(=O)c1ccc(N)nc1)N=C1C=CC(C(O)(COC)C(F)(F)F)CC1. The van der Waals surface area contributed by atoms with Crippen LogP contribution in [0, 0.1) is 17.8 Å². The highest BCUT2D eigenvalue weighted by Crippen LogP contribution is 2.40. The fourth-order valence-corrected chi connectivity index (χ4v) is 4.14. The molecule has 0 aliphatic heterocycles. The van der Waals surface area contributed by atoms with E-state index in [1.54, 1.807) is 6.92 Å². The first-order valence-corrected chi connectivity index (χ1v) is 11.1. The maximum absolute atomic E-state index is 13.4. The number of ether oxygens (including phenoxy) is 1. The predicted octanol–water partition coefficient (Wildman–Crippen LogP) is 1.68. The molecule has 0 fully saturated rings. The number of pyridine rings is 1. The summed E-state index contributed by atoms with van der Waals surface area (Å²) in [4.78, 5) is 8.03. The van der Waals surface area contributed by atoms with E-state index in [4.69, 9.17) is 5.73 Å². The fourth-order valence-electron chi connectivity index (χ4n) is 3.15. The Balaban J connectivity index is 2.14. The van der Waals surface area contributed by atoms with E-state index in [2.05, 4.69) is 31.3 Å². The molecule has 2 rings (SSSR count). The third kappa shape index (κ3) is 6.29. The summed E-state index contributed by atoms with van der Waals surface area (Å²) < 4.78 is 71.9. The van der Waals surface area contributed by atoms with Gasteiger partial charge >= 0.3 is 6.18 Å². The molecule has 1 aliphatic rings. The molecule has 4 N–H and O–H groups in total. The molecular formula is C20H25F3N4O4S.